The topological polar surface area (TPSA) is 9.23 Å². The minimum Gasteiger partial charge on any atom is -0.490 e. The van der Waals surface area contributed by atoms with Crippen molar-refractivity contribution in [3.63, 3.8) is 0 Å². The molecule has 0 aliphatic carbocycles. The monoisotopic (exact) mass is 286 g/mol. The van der Waals surface area contributed by atoms with Crippen LogP contribution in [0.4, 0.5) is 8.78 Å². The minimum absolute atomic E-state index is 0.481. The lowest BCUT2D eigenvalue weighted by molar-refractivity contribution is 0.363. The first-order valence-electron chi connectivity index (χ1n) is 6.67. The normalized spacial score (nSPS) is 11.4. The summed E-state index contributed by atoms with van der Waals surface area (Å²) in [6.07, 6.45) is 7.68. The van der Waals surface area contributed by atoms with Crippen molar-refractivity contribution in [1.82, 2.24) is 0 Å². The zero-order valence-corrected chi connectivity index (χ0v) is 11.7. The van der Waals surface area contributed by atoms with Gasteiger partial charge in [-0.05, 0) is 48.4 Å². The van der Waals surface area contributed by atoms with E-state index < -0.39 is 11.6 Å². The summed E-state index contributed by atoms with van der Waals surface area (Å²) < 4.78 is 31.6. The van der Waals surface area contributed by atoms with Gasteiger partial charge in [-0.1, -0.05) is 36.4 Å². The number of hydrogen-bond acceptors (Lipinski definition) is 1. The molecule has 0 saturated heterocycles. The van der Waals surface area contributed by atoms with Crippen LogP contribution in [0.1, 0.15) is 6.92 Å². The lowest BCUT2D eigenvalue weighted by Crippen LogP contribution is -1.93. The van der Waals surface area contributed by atoms with E-state index in [1.807, 2.05) is 43.4 Å². The molecule has 0 atom stereocenters. The van der Waals surface area contributed by atoms with E-state index in [-0.39, 0.29) is 0 Å². The molecule has 2 aromatic carbocycles. The number of hydrogen-bond donors (Lipinski definition) is 0. The molecule has 108 valence electrons. The molecule has 0 radical (unpaired) electrons. The third kappa shape index (κ3) is 4.28. The standard InChI is InChI=1S/C18H16F2O/c1-2-3-4-5-12-21-16-9-6-14(7-10-16)15-8-11-17(19)18(20)13-15/h2-11,13H,12H2,1H3/b3-2+,5-4+. The van der Waals surface area contributed by atoms with Crippen LogP contribution in [0.25, 0.3) is 11.1 Å². The molecule has 0 N–H and O–H groups in total. The van der Waals surface area contributed by atoms with Gasteiger partial charge in [0.2, 0.25) is 0 Å². The maximum atomic E-state index is 13.2. The van der Waals surface area contributed by atoms with Crippen LogP contribution >= 0.6 is 0 Å². The zero-order valence-electron chi connectivity index (χ0n) is 11.7. The predicted molar refractivity (Wildman–Crippen MR) is 81.2 cm³/mol. The lowest BCUT2D eigenvalue weighted by Gasteiger charge is -2.06. The van der Waals surface area contributed by atoms with Gasteiger partial charge in [0, 0.05) is 0 Å². The molecule has 0 aliphatic rings. The Morgan fingerprint density at radius 1 is 0.905 bits per heavy atom. The minimum atomic E-state index is -0.845. The van der Waals surface area contributed by atoms with Crippen molar-refractivity contribution in [3.8, 4) is 16.9 Å². The Kier molecular flexibility index (Phi) is 5.27. The third-order valence-electron chi connectivity index (χ3n) is 2.89. The first-order valence-corrected chi connectivity index (χ1v) is 6.67. The van der Waals surface area contributed by atoms with Gasteiger partial charge in [0.1, 0.15) is 12.4 Å². The Labute approximate surface area is 123 Å². The van der Waals surface area contributed by atoms with Crippen molar-refractivity contribution in [3.05, 3.63) is 78.4 Å². The largest absolute Gasteiger partial charge is 0.490 e. The fraction of sp³-hybridized carbons (Fsp3) is 0.111. The molecule has 0 saturated carbocycles. The molecule has 0 bridgehead atoms. The van der Waals surface area contributed by atoms with Crippen molar-refractivity contribution >= 4 is 0 Å². The highest BCUT2D eigenvalue weighted by molar-refractivity contribution is 5.64. The van der Waals surface area contributed by atoms with Crippen molar-refractivity contribution < 1.29 is 13.5 Å². The molecule has 0 spiro atoms. The summed E-state index contributed by atoms with van der Waals surface area (Å²) in [7, 11) is 0. The van der Waals surface area contributed by atoms with E-state index in [0.717, 1.165) is 17.4 Å². The molecular weight excluding hydrogens is 270 g/mol. The Morgan fingerprint density at radius 2 is 1.62 bits per heavy atom. The molecule has 0 amide bonds. The summed E-state index contributed by atoms with van der Waals surface area (Å²) in [4.78, 5) is 0. The molecule has 2 aromatic rings. The SMILES string of the molecule is C/C=C/C=C/COc1ccc(-c2ccc(F)c(F)c2)cc1. The summed E-state index contributed by atoms with van der Waals surface area (Å²) in [5.74, 6) is -0.958. The fourth-order valence-corrected chi connectivity index (χ4v) is 1.81. The van der Waals surface area contributed by atoms with Crippen LogP contribution in [-0.4, -0.2) is 6.61 Å². The van der Waals surface area contributed by atoms with E-state index in [1.165, 1.54) is 6.07 Å². The van der Waals surface area contributed by atoms with Gasteiger partial charge in [-0.2, -0.15) is 0 Å². The Morgan fingerprint density at radius 3 is 2.29 bits per heavy atom. The van der Waals surface area contributed by atoms with Gasteiger partial charge in [0.25, 0.3) is 0 Å². The Balaban J connectivity index is 2.03. The van der Waals surface area contributed by atoms with Crippen molar-refractivity contribution in [2.24, 2.45) is 0 Å². The summed E-state index contributed by atoms with van der Waals surface area (Å²) in [6.45, 7) is 2.43. The summed E-state index contributed by atoms with van der Waals surface area (Å²) in [6, 6.07) is 11.1. The molecule has 0 fully saturated rings. The number of rotatable bonds is 5. The van der Waals surface area contributed by atoms with E-state index in [9.17, 15) is 8.78 Å². The van der Waals surface area contributed by atoms with E-state index >= 15 is 0 Å². The highest BCUT2D eigenvalue weighted by Crippen LogP contribution is 2.24. The second-order valence-electron chi connectivity index (χ2n) is 4.42. The van der Waals surface area contributed by atoms with Crippen LogP contribution in [0.3, 0.4) is 0 Å². The maximum Gasteiger partial charge on any atom is 0.159 e. The molecular formula is C18H16F2O. The van der Waals surface area contributed by atoms with Crippen LogP contribution in [0.5, 0.6) is 5.75 Å². The van der Waals surface area contributed by atoms with E-state index in [2.05, 4.69) is 0 Å². The number of allylic oxidation sites excluding steroid dienone is 3. The van der Waals surface area contributed by atoms with Gasteiger partial charge in [-0.3, -0.25) is 0 Å². The molecule has 3 heteroatoms. The van der Waals surface area contributed by atoms with Gasteiger partial charge in [0.05, 0.1) is 0 Å². The van der Waals surface area contributed by atoms with E-state index in [0.29, 0.717) is 12.2 Å². The summed E-state index contributed by atoms with van der Waals surface area (Å²) in [5.41, 5.74) is 1.44. The van der Waals surface area contributed by atoms with Gasteiger partial charge >= 0.3 is 0 Å². The van der Waals surface area contributed by atoms with E-state index in [1.54, 1.807) is 18.2 Å². The average molecular weight is 286 g/mol. The Hall–Kier alpha value is -2.42. The van der Waals surface area contributed by atoms with Crippen molar-refractivity contribution in [2.75, 3.05) is 6.61 Å². The van der Waals surface area contributed by atoms with Gasteiger partial charge in [-0.15, -0.1) is 0 Å². The van der Waals surface area contributed by atoms with Gasteiger partial charge in [-0.25, -0.2) is 8.78 Å². The van der Waals surface area contributed by atoms with Gasteiger partial charge < -0.3 is 4.74 Å². The fourth-order valence-electron chi connectivity index (χ4n) is 1.81. The van der Waals surface area contributed by atoms with Crippen LogP contribution in [0.2, 0.25) is 0 Å². The highest BCUT2D eigenvalue weighted by Gasteiger charge is 2.04. The Bertz CT molecular complexity index is 643. The average Bonchev–Trinajstić information content (AvgIpc) is 2.50. The molecule has 21 heavy (non-hydrogen) atoms. The molecule has 1 nitrogen and oxygen atoms in total. The number of ether oxygens (including phenoxy) is 1. The quantitative estimate of drug-likeness (QED) is 0.691. The highest BCUT2D eigenvalue weighted by atomic mass is 19.2. The molecule has 0 unspecified atom stereocenters. The second-order valence-corrected chi connectivity index (χ2v) is 4.42. The van der Waals surface area contributed by atoms with Crippen molar-refractivity contribution in [1.29, 1.82) is 0 Å². The smallest absolute Gasteiger partial charge is 0.159 e. The summed E-state index contributed by atoms with van der Waals surface area (Å²) >= 11 is 0. The van der Waals surface area contributed by atoms with E-state index in [4.69, 9.17) is 4.74 Å². The van der Waals surface area contributed by atoms with Crippen LogP contribution in [-0.2, 0) is 0 Å². The van der Waals surface area contributed by atoms with Crippen LogP contribution in [0, 0.1) is 11.6 Å². The lowest BCUT2D eigenvalue weighted by atomic mass is 10.1. The molecule has 0 aliphatic heterocycles. The number of halogens is 2. The molecule has 2 rings (SSSR count). The molecule has 0 aromatic heterocycles. The summed E-state index contributed by atoms with van der Waals surface area (Å²) in [5, 5.41) is 0. The van der Waals surface area contributed by atoms with Crippen LogP contribution in [0.15, 0.2) is 66.8 Å². The second kappa shape index (κ2) is 7.39. The first-order chi connectivity index (χ1) is 10.2. The van der Waals surface area contributed by atoms with Crippen LogP contribution < -0.4 is 4.74 Å². The van der Waals surface area contributed by atoms with Crippen molar-refractivity contribution in [2.45, 2.75) is 6.92 Å². The number of benzene rings is 2. The zero-order chi connectivity index (χ0) is 15.1. The first kappa shape index (κ1) is 15.0. The van der Waals surface area contributed by atoms with Gasteiger partial charge in [0.15, 0.2) is 11.6 Å². The molecule has 0 heterocycles. The third-order valence-corrected chi connectivity index (χ3v) is 2.89. The maximum absolute atomic E-state index is 13.2. The predicted octanol–water partition coefficient (Wildman–Crippen LogP) is 5.14.